The average molecular weight is 436 g/mol. The number of nitrogens with zero attached hydrogens (tertiary/aromatic N) is 2. The Labute approximate surface area is 150 Å². The number of furan rings is 1. The van der Waals surface area contributed by atoms with E-state index in [4.69, 9.17) is 10.2 Å². The summed E-state index contributed by atoms with van der Waals surface area (Å²) in [7, 11) is 3.77. The van der Waals surface area contributed by atoms with Gasteiger partial charge in [-0.25, -0.2) is 8.78 Å². The largest absolute Gasteiger partial charge is 0.468 e. The van der Waals surface area contributed by atoms with Gasteiger partial charge in [-0.15, -0.1) is 24.0 Å². The molecule has 2 aromatic rings. The zero-order chi connectivity index (χ0) is 16.1. The van der Waals surface area contributed by atoms with E-state index in [1.807, 2.05) is 25.1 Å². The lowest BCUT2D eigenvalue weighted by atomic mass is 10.2. The topological polar surface area (TPSA) is 66.8 Å². The molecule has 1 atom stereocenters. The Kier molecular flexibility index (Phi) is 7.43. The van der Waals surface area contributed by atoms with Crippen molar-refractivity contribution < 1.29 is 13.2 Å². The van der Waals surface area contributed by atoms with Gasteiger partial charge in [0.25, 0.3) is 0 Å². The summed E-state index contributed by atoms with van der Waals surface area (Å²) < 4.78 is 32.0. The summed E-state index contributed by atoms with van der Waals surface area (Å²) in [5.74, 6) is -0.408. The Balaban J connectivity index is 0.00000264. The molecule has 23 heavy (non-hydrogen) atoms. The number of aliphatic imine (C=N–C) groups is 1. The molecule has 0 spiro atoms. The standard InChI is InChI=1S/C15H18F2N4O.HI/c1-21(2)13(14-4-3-7-22-14)9-19-15(18)20-12-8-10(16)5-6-11(12)17;/h3-8,13H,9H2,1-2H3,(H3,18,19,20);1H. The molecule has 126 valence electrons. The minimum atomic E-state index is -0.602. The van der Waals surface area contributed by atoms with E-state index in [-0.39, 0.29) is 41.7 Å². The van der Waals surface area contributed by atoms with Crippen molar-refractivity contribution in [2.24, 2.45) is 10.7 Å². The lowest BCUT2D eigenvalue weighted by Crippen LogP contribution is -2.27. The number of hydrogen-bond donors (Lipinski definition) is 2. The fraction of sp³-hybridized carbons (Fsp3) is 0.267. The van der Waals surface area contributed by atoms with E-state index >= 15 is 0 Å². The minimum absolute atomic E-state index is 0. The molecule has 0 fully saturated rings. The molecule has 0 amide bonds. The highest BCUT2D eigenvalue weighted by atomic mass is 127. The zero-order valence-corrected chi connectivity index (χ0v) is 15.1. The van der Waals surface area contributed by atoms with Gasteiger partial charge in [-0.1, -0.05) is 0 Å². The highest BCUT2D eigenvalue weighted by Gasteiger charge is 2.16. The predicted octanol–water partition coefficient (Wildman–Crippen LogP) is 3.21. The monoisotopic (exact) mass is 436 g/mol. The molecule has 5 nitrogen and oxygen atoms in total. The maximum absolute atomic E-state index is 13.5. The number of nitrogens with two attached hydrogens (primary N) is 1. The van der Waals surface area contributed by atoms with Crippen molar-refractivity contribution in [1.82, 2.24) is 4.90 Å². The van der Waals surface area contributed by atoms with Crippen molar-refractivity contribution in [2.75, 3.05) is 26.0 Å². The Bertz CT molecular complexity index is 647. The number of guanidine groups is 1. The first-order valence-electron chi connectivity index (χ1n) is 6.69. The van der Waals surface area contributed by atoms with Crippen molar-refractivity contribution in [2.45, 2.75) is 6.04 Å². The average Bonchev–Trinajstić information content (AvgIpc) is 2.96. The van der Waals surface area contributed by atoms with Crippen LogP contribution >= 0.6 is 24.0 Å². The molecule has 0 aliphatic rings. The predicted molar refractivity (Wildman–Crippen MR) is 97.0 cm³/mol. The van der Waals surface area contributed by atoms with Crippen LogP contribution in [-0.2, 0) is 0 Å². The molecular weight excluding hydrogens is 417 g/mol. The minimum Gasteiger partial charge on any atom is -0.468 e. The summed E-state index contributed by atoms with van der Waals surface area (Å²) in [5, 5.41) is 2.55. The van der Waals surface area contributed by atoms with Gasteiger partial charge >= 0.3 is 0 Å². The van der Waals surface area contributed by atoms with Crippen molar-refractivity contribution in [3.05, 3.63) is 54.0 Å². The zero-order valence-electron chi connectivity index (χ0n) is 12.8. The first kappa shape index (κ1) is 19.4. The Morgan fingerprint density at radius 1 is 1.35 bits per heavy atom. The lowest BCUT2D eigenvalue weighted by Gasteiger charge is -2.20. The van der Waals surface area contributed by atoms with E-state index in [0.29, 0.717) is 6.54 Å². The van der Waals surface area contributed by atoms with Crippen LogP contribution in [0.2, 0.25) is 0 Å². The fourth-order valence-corrected chi connectivity index (χ4v) is 1.94. The summed E-state index contributed by atoms with van der Waals surface area (Å²) in [6.45, 7) is 0.316. The normalized spacial score (nSPS) is 12.8. The maximum atomic E-state index is 13.5. The highest BCUT2D eigenvalue weighted by Crippen LogP contribution is 2.19. The Hall–Kier alpha value is -1.68. The fourth-order valence-electron chi connectivity index (χ4n) is 1.94. The van der Waals surface area contributed by atoms with Gasteiger partial charge in [0.15, 0.2) is 5.96 Å². The van der Waals surface area contributed by atoms with E-state index in [1.165, 1.54) is 0 Å². The van der Waals surface area contributed by atoms with Crippen LogP contribution in [0.25, 0.3) is 0 Å². The van der Waals surface area contributed by atoms with Crippen LogP contribution in [0.15, 0.2) is 46.0 Å². The number of hydrogen-bond acceptors (Lipinski definition) is 3. The van der Waals surface area contributed by atoms with Gasteiger partial charge < -0.3 is 15.5 Å². The van der Waals surface area contributed by atoms with Gasteiger partial charge in [0, 0.05) is 6.07 Å². The third kappa shape index (κ3) is 5.47. The smallest absolute Gasteiger partial charge is 0.193 e. The van der Waals surface area contributed by atoms with Crippen LogP contribution in [0.5, 0.6) is 0 Å². The maximum Gasteiger partial charge on any atom is 0.193 e. The molecule has 0 bridgehead atoms. The summed E-state index contributed by atoms with van der Waals surface area (Å²) >= 11 is 0. The molecule has 3 N–H and O–H groups in total. The number of nitrogens with one attached hydrogen (secondary N) is 1. The van der Waals surface area contributed by atoms with Gasteiger partial charge in [0.05, 0.1) is 24.5 Å². The molecule has 1 aromatic carbocycles. The molecule has 0 saturated carbocycles. The van der Waals surface area contributed by atoms with Crippen molar-refractivity contribution in [3.8, 4) is 0 Å². The number of halogens is 3. The number of benzene rings is 1. The van der Waals surface area contributed by atoms with Gasteiger partial charge in [0.2, 0.25) is 0 Å². The van der Waals surface area contributed by atoms with Crippen LogP contribution in [0.4, 0.5) is 14.5 Å². The first-order chi connectivity index (χ1) is 10.5. The summed E-state index contributed by atoms with van der Waals surface area (Å²) in [5.41, 5.74) is 5.67. The molecule has 1 unspecified atom stereocenters. The molecule has 0 saturated heterocycles. The number of rotatable bonds is 5. The van der Waals surface area contributed by atoms with Gasteiger partial charge in [-0.05, 0) is 38.4 Å². The lowest BCUT2D eigenvalue weighted by molar-refractivity contribution is 0.265. The molecule has 0 radical (unpaired) electrons. The van der Waals surface area contributed by atoms with Gasteiger partial charge in [-0.3, -0.25) is 9.89 Å². The quantitative estimate of drug-likeness (QED) is 0.429. The third-order valence-electron chi connectivity index (χ3n) is 3.12. The molecule has 8 heteroatoms. The number of anilines is 1. The van der Waals surface area contributed by atoms with Crippen molar-refractivity contribution in [1.29, 1.82) is 0 Å². The van der Waals surface area contributed by atoms with E-state index in [2.05, 4.69) is 10.3 Å². The third-order valence-corrected chi connectivity index (χ3v) is 3.12. The number of likely N-dealkylation sites (N-methyl/N-ethyl adjacent to an activating group) is 1. The van der Waals surface area contributed by atoms with Crippen LogP contribution in [-0.4, -0.2) is 31.5 Å². The van der Waals surface area contributed by atoms with Gasteiger partial charge in [-0.2, -0.15) is 0 Å². The molecule has 2 rings (SSSR count). The molecular formula is C15H19F2IN4O. The van der Waals surface area contributed by atoms with Crippen molar-refractivity contribution in [3.63, 3.8) is 0 Å². The molecule has 1 heterocycles. The summed E-state index contributed by atoms with van der Waals surface area (Å²) in [6.07, 6.45) is 1.58. The van der Waals surface area contributed by atoms with Crippen LogP contribution in [0.3, 0.4) is 0 Å². The first-order valence-corrected chi connectivity index (χ1v) is 6.69. The van der Waals surface area contributed by atoms with Crippen LogP contribution in [0, 0.1) is 11.6 Å². The second-order valence-electron chi connectivity index (χ2n) is 4.97. The van der Waals surface area contributed by atoms with Crippen LogP contribution < -0.4 is 11.1 Å². The Morgan fingerprint density at radius 2 is 2.09 bits per heavy atom. The second-order valence-corrected chi connectivity index (χ2v) is 4.97. The summed E-state index contributed by atoms with van der Waals surface area (Å²) in [4.78, 5) is 6.09. The van der Waals surface area contributed by atoms with E-state index in [1.54, 1.807) is 12.3 Å². The molecule has 0 aliphatic heterocycles. The van der Waals surface area contributed by atoms with E-state index in [0.717, 1.165) is 24.0 Å². The van der Waals surface area contributed by atoms with E-state index < -0.39 is 11.6 Å². The van der Waals surface area contributed by atoms with Crippen molar-refractivity contribution >= 4 is 35.6 Å². The molecule has 1 aromatic heterocycles. The molecule has 0 aliphatic carbocycles. The highest BCUT2D eigenvalue weighted by molar-refractivity contribution is 14.0. The SMILES string of the molecule is CN(C)C(CN=C(N)Nc1cc(F)ccc1F)c1ccco1.I. The van der Waals surface area contributed by atoms with Gasteiger partial charge in [0.1, 0.15) is 17.4 Å². The van der Waals surface area contributed by atoms with E-state index in [9.17, 15) is 8.78 Å². The van der Waals surface area contributed by atoms with Crippen LogP contribution in [0.1, 0.15) is 11.8 Å². The Morgan fingerprint density at radius 3 is 2.70 bits per heavy atom. The second kappa shape index (κ2) is 8.82. The summed E-state index contributed by atoms with van der Waals surface area (Å²) in [6, 6.07) is 6.61.